The smallest absolute Gasteiger partial charge is 0.306 e. The standard InChI is InChI=1S/C68H121NO10/c1-4-7-10-13-16-19-22-25-26-27-28-29-30-31-32-33-34-35-38-40-43-46-49-52-55-61(72)67(76)69-59(60(71)54-51-48-45-42-39-36-23-20-17-14-11-8-5-2)58-77-68-66(65(75)64(74)62(57-70)78-68)79-63(73)56-53-50-47-44-41-37-24-21-18-15-12-9-6-3/h9,12,15,18,21,24-26,37,41,51,54,59-62,64-66,68,70-72,74-75H,4-8,10-11,13-14,16-17,19-20,22-23,27-36,38-40,42-50,52-53,55-58H2,1-3H3,(H,69,76)/b12-9+,18-15+,24-21-,26-25+,41-37-,54-51+. The molecule has 1 saturated heterocycles. The van der Waals surface area contributed by atoms with Gasteiger partial charge in [0, 0.05) is 6.42 Å². The SMILES string of the molecule is CC/C=C/C=C/C=C\C=C/CCCCCC(=O)OC1C(OCC(NC(=O)C(O)CCCCCCCCCCCCCCCC/C=C/CCCCCCCC)C(O)/C=C/CCCCCCCCCCCCC)OC(CO)C(O)C1O. The van der Waals surface area contributed by atoms with E-state index in [9.17, 15) is 35.1 Å². The fourth-order valence-corrected chi connectivity index (χ4v) is 10.0. The summed E-state index contributed by atoms with van der Waals surface area (Å²) >= 11 is 0. The second-order valence-electron chi connectivity index (χ2n) is 22.6. The molecule has 0 aromatic heterocycles. The summed E-state index contributed by atoms with van der Waals surface area (Å²) in [5.74, 6) is -1.23. The number of aliphatic hydroxyl groups excluding tert-OH is 5. The van der Waals surface area contributed by atoms with Crippen LogP contribution in [0.5, 0.6) is 0 Å². The van der Waals surface area contributed by atoms with Gasteiger partial charge in [-0.3, -0.25) is 9.59 Å². The average Bonchev–Trinajstić information content (AvgIpc) is 3.49. The lowest BCUT2D eigenvalue weighted by Gasteiger charge is -2.41. The number of unbranched alkanes of at least 4 members (excludes halogenated alkanes) is 34. The Morgan fingerprint density at radius 2 is 0.924 bits per heavy atom. The third kappa shape index (κ3) is 43.5. The third-order valence-electron chi connectivity index (χ3n) is 15.2. The molecule has 6 N–H and O–H groups in total. The van der Waals surface area contributed by atoms with Gasteiger partial charge >= 0.3 is 5.97 Å². The van der Waals surface area contributed by atoms with Crippen molar-refractivity contribution in [1.29, 1.82) is 0 Å². The van der Waals surface area contributed by atoms with Gasteiger partial charge in [0.1, 0.15) is 24.4 Å². The second-order valence-corrected chi connectivity index (χ2v) is 22.6. The minimum Gasteiger partial charge on any atom is -0.454 e. The van der Waals surface area contributed by atoms with Crippen LogP contribution in [-0.2, 0) is 23.8 Å². The molecule has 0 radical (unpaired) electrons. The summed E-state index contributed by atoms with van der Waals surface area (Å²) in [4.78, 5) is 26.5. The molecule has 1 amide bonds. The lowest BCUT2D eigenvalue weighted by molar-refractivity contribution is -0.305. The van der Waals surface area contributed by atoms with E-state index in [-0.39, 0.29) is 19.4 Å². The molecule has 8 atom stereocenters. The summed E-state index contributed by atoms with van der Waals surface area (Å²) in [5.41, 5.74) is 0. The number of carbonyl (C=O) groups is 2. The van der Waals surface area contributed by atoms with Crippen LogP contribution in [0.1, 0.15) is 284 Å². The lowest BCUT2D eigenvalue weighted by atomic mass is 9.99. The molecule has 0 bridgehead atoms. The van der Waals surface area contributed by atoms with Crippen molar-refractivity contribution >= 4 is 11.9 Å². The van der Waals surface area contributed by atoms with Gasteiger partial charge in [-0.2, -0.15) is 0 Å². The predicted molar refractivity (Wildman–Crippen MR) is 329 cm³/mol. The fourth-order valence-electron chi connectivity index (χ4n) is 10.0. The molecule has 0 saturated carbocycles. The van der Waals surface area contributed by atoms with Crippen molar-refractivity contribution in [3.8, 4) is 0 Å². The number of ether oxygens (including phenoxy) is 3. The number of carbonyl (C=O) groups excluding carboxylic acids is 2. The molecule has 0 aliphatic carbocycles. The van der Waals surface area contributed by atoms with Crippen molar-refractivity contribution in [3.63, 3.8) is 0 Å². The molecule has 1 aliphatic rings. The maximum absolute atomic E-state index is 13.5. The first-order chi connectivity index (χ1) is 38.7. The number of amides is 1. The van der Waals surface area contributed by atoms with Crippen LogP contribution in [0.25, 0.3) is 0 Å². The Labute approximate surface area is 483 Å². The van der Waals surface area contributed by atoms with Crippen molar-refractivity contribution in [2.45, 2.75) is 333 Å². The van der Waals surface area contributed by atoms with Crippen LogP contribution in [0.15, 0.2) is 72.9 Å². The molecule has 11 heteroatoms. The minimum atomic E-state index is -1.63. The van der Waals surface area contributed by atoms with Crippen LogP contribution in [-0.4, -0.2) is 99.6 Å². The van der Waals surface area contributed by atoms with E-state index in [0.29, 0.717) is 12.8 Å². The van der Waals surface area contributed by atoms with Gasteiger partial charge in [-0.05, 0) is 70.6 Å². The number of aliphatic hydroxyl groups is 5. The molecule has 8 unspecified atom stereocenters. The number of nitrogens with one attached hydrogen (secondary N) is 1. The maximum atomic E-state index is 13.5. The van der Waals surface area contributed by atoms with Gasteiger partial charge in [0.05, 0.1) is 25.4 Å². The Bertz CT molecular complexity index is 1560. The van der Waals surface area contributed by atoms with Crippen LogP contribution in [0.3, 0.4) is 0 Å². The monoisotopic (exact) mass is 1110 g/mol. The Hall–Kier alpha value is -2.90. The van der Waals surface area contributed by atoms with E-state index in [0.717, 1.165) is 64.2 Å². The number of esters is 1. The Morgan fingerprint density at radius 1 is 0.506 bits per heavy atom. The molecule has 458 valence electrons. The molecule has 1 fully saturated rings. The van der Waals surface area contributed by atoms with E-state index >= 15 is 0 Å². The van der Waals surface area contributed by atoms with Gasteiger partial charge in [-0.15, -0.1) is 0 Å². The molecular weight excluding hydrogens is 991 g/mol. The van der Waals surface area contributed by atoms with E-state index in [1.165, 1.54) is 173 Å². The number of hydrogen-bond donors (Lipinski definition) is 6. The number of rotatable bonds is 55. The van der Waals surface area contributed by atoms with Crippen LogP contribution in [0.2, 0.25) is 0 Å². The van der Waals surface area contributed by atoms with Crippen molar-refractivity contribution in [2.24, 2.45) is 0 Å². The summed E-state index contributed by atoms with van der Waals surface area (Å²) in [6.45, 7) is 5.64. The number of hydrogen-bond acceptors (Lipinski definition) is 10. The van der Waals surface area contributed by atoms with E-state index in [4.69, 9.17) is 14.2 Å². The highest BCUT2D eigenvalue weighted by molar-refractivity contribution is 5.80. The molecule has 1 rings (SSSR count). The van der Waals surface area contributed by atoms with Gasteiger partial charge in [-0.1, -0.05) is 280 Å². The van der Waals surface area contributed by atoms with Gasteiger partial charge in [0.25, 0.3) is 0 Å². The van der Waals surface area contributed by atoms with Crippen molar-refractivity contribution < 1.29 is 49.3 Å². The first-order valence-corrected chi connectivity index (χ1v) is 32.8. The van der Waals surface area contributed by atoms with Gasteiger partial charge in [0.2, 0.25) is 5.91 Å². The van der Waals surface area contributed by atoms with Crippen LogP contribution >= 0.6 is 0 Å². The molecule has 0 aromatic carbocycles. The zero-order valence-corrected chi connectivity index (χ0v) is 50.7. The third-order valence-corrected chi connectivity index (χ3v) is 15.2. The quantitative estimate of drug-likeness (QED) is 0.0149. The molecular formula is C68H121NO10. The Balaban J connectivity index is 2.62. The van der Waals surface area contributed by atoms with Gasteiger partial charge < -0.3 is 45.1 Å². The Kier molecular flexibility index (Phi) is 52.2. The normalized spacial score (nSPS) is 19.3. The highest BCUT2D eigenvalue weighted by Gasteiger charge is 2.47. The molecule has 0 aromatic rings. The minimum absolute atomic E-state index is 0.0761. The highest BCUT2D eigenvalue weighted by Crippen LogP contribution is 2.26. The predicted octanol–water partition coefficient (Wildman–Crippen LogP) is 16.0. The Morgan fingerprint density at radius 3 is 1.41 bits per heavy atom. The highest BCUT2D eigenvalue weighted by atomic mass is 16.7. The number of allylic oxidation sites excluding steroid dienone is 11. The molecule has 0 spiro atoms. The summed E-state index contributed by atoms with van der Waals surface area (Å²) in [5, 5.41) is 57.0. The average molecular weight is 1110 g/mol. The van der Waals surface area contributed by atoms with Gasteiger partial charge in [-0.25, -0.2) is 0 Å². The van der Waals surface area contributed by atoms with E-state index < -0.39 is 67.4 Å². The molecule has 1 aliphatic heterocycles. The largest absolute Gasteiger partial charge is 0.454 e. The summed E-state index contributed by atoms with van der Waals surface area (Å²) in [6.07, 6.45) is 61.0. The summed E-state index contributed by atoms with van der Waals surface area (Å²) in [6, 6.07) is -1.03. The second kappa shape index (κ2) is 55.6. The van der Waals surface area contributed by atoms with Crippen molar-refractivity contribution in [3.05, 3.63) is 72.9 Å². The van der Waals surface area contributed by atoms with E-state index in [2.05, 4.69) is 50.4 Å². The topological polar surface area (TPSA) is 175 Å². The molecule has 1 heterocycles. The molecule has 79 heavy (non-hydrogen) atoms. The summed E-state index contributed by atoms with van der Waals surface area (Å²) < 4.78 is 17.6. The summed E-state index contributed by atoms with van der Waals surface area (Å²) in [7, 11) is 0. The van der Waals surface area contributed by atoms with Crippen molar-refractivity contribution in [1.82, 2.24) is 5.32 Å². The fraction of sp³-hybridized carbons (Fsp3) is 0.794. The van der Waals surface area contributed by atoms with Crippen LogP contribution < -0.4 is 5.32 Å². The first-order valence-electron chi connectivity index (χ1n) is 32.8. The van der Waals surface area contributed by atoms with Crippen LogP contribution in [0, 0.1) is 0 Å². The zero-order chi connectivity index (χ0) is 57.5. The maximum Gasteiger partial charge on any atom is 0.306 e. The van der Waals surface area contributed by atoms with E-state index in [1.54, 1.807) is 6.08 Å². The van der Waals surface area contributed by atoms with Gasteiger partial charge in [0.15, 0.2) is 12.4 Å². The van der Waals surface area contributed by atoms with Crippen molar-refractivity contribution in [2.75, 3.05) is 13.2 Å². The lowest BCUT2D eigenvalue weighted by Crippen LogP contribution is -2.61. The molecule has 11 nitrogen and oxygen atoms in total. The zero-order valence-electron chi connectivity index (χ0n) is 50.7. The first kappa shape index (κ1) is 74.1. The van der Waals surface area contributed by atoms with Crippen LogP contribution in [0.4, 0.5) is 0 Å². The van der Waals surface area contributed by atoms with E-state index in [1.807, 2.05) is 42.5 Å².